The van der Waals surface area contributed by atoms with Gasteiger partial charge in [0.25, 0.3) is 5.91 Å². The molecule has 1 aromatic heterocycles. The molecule has 1 heterocycles. The van der Waals surface area contributed by atoms with Crippen LogP contribution in [-0.4, -0.2) is 10.9 Å². The molecule has 18 heavy (non-hydrogen) atoms. The second-order valence-corrected chi connectivity index (χ2v) is 4.69. The van der Waals surface area contributed by atoms with Crippen LogP contribution < -0.4 is 5.32 Å². The Morgan fingerprint density at radius 1 is 1.33 bits per heavy atom. The molecular formula is C14H13BrN2O. The molecule has 0 radical (unpaired) electrons. The maximum atomic E-state index is 12.0. The smallest absolute Gasteiger partial charge is 0.255 e. The highest BCUT2D eigenvalue weighted by Crippen LogP contribution is 2.14. The van der Waals surface area contributed by atoms with Crippen LogP contribution in [0.1, 0.15) is 22.8 Å². The number of hydrogen-bond acceptors (Lipinski definition) is 2. The van der Waals surface area contributed by atoms with Gasteiger partial charge in [0.2, 0.25) is 0 Å². The highest BCUT2D eigenvalue weighted by Gasteiger charge is 2.06. The minimum Gasteiger partial charge on any atom is -0.322 e. The molecule has 0 fully saturated rings. The van der Waals surface area contributed by atoms with Crippen LogP contribution in [0.5, 0.6) is 0 Å². The number of hydrogen-bond donors (Lipinski definition) is 1. The largest absolute Gasteiger partial charge is 0.322 e. The number of halogens is 1. The molecule has 0 aliphatic carbocycles. The van der Waals surface area contributed by atoms with Crippen LogP contribution in [0, 0.1) is 0 Å². The molecule has 0 atom stereocenters. The quantitative estimate of drug-likeness (QED) is 0.879. The van der Waals surface area contributed by atoms with Gasteiger partial charge < -0.3 is 5.32 Å². The van der Waals surface area contributed by atoms with Crippen molar-refractivity contribution in [2.75, 3.05) is 5.32 Å². The monoisotopic (exact) mass is 304 g/mol. The first kappa shape index (κ1) is 12.8. The lowest BCUT2D eigenvalue weighted by molar-refractivity contribution is 0.102. The lowest BCUT2D eigenvalue weighted by Gasteiger charge is -2.06. The number of aryl methyl sites for hydroxylation is 1. The van der Waals surface area contributed by atoms with E-state index in [-0.39, 0.29) is 5.91 Å². The molecule has 0 bridgehead atoms. The van der Waals surface area contributed by atoms with E-state index >= 15 is 0 Å². The van der Waals surface area contributed by atoms with Crippen LogP contribution >= 0.6 is 15.9 Å². The van der Waals surface area contributed by atoms with Gasteiger partial charge in [-0.05, 0) is 52.2 Å². The van der Waals surface area contributed by atoms with Crippen molar-refractivity contribution in [2.45, 2.75) is 13.3 Å². The summed E-state index contributed by atoms with van der Waals surface area (Å²) in [7, 11) is 0. The van der Waals surface area contributed by atoms with Crippen LogP contribution in [0.4, 0.5) is 5.69 Å². The maximum absolute atomic E-state index is 12.0. The Balaban J connectivity index is 2.16. The zero-order chi connectivity index (χ0) is 13.0. The number of pyridine rings is 1. The van der Waals surface area contributed by atoms with Crippen molar-refractivity contribution in [3.05, 3.63) is 58.3 Å². The molecule has 2 aromatic rings. The van der Waals surface area contributed by atoms with Crippen molar-refractivity contribution in [3.8, 4) is 0 Å². The number of carbonyl (C=O) groups is 1. The number of carbonyl (C=O) groups excluding carboxylic acids is 1. The lowest BCUT2D eigenvalue weighted by Crippen LogP contribution is -2.12. The van der Waals surface area contributed by atoms with Crippen molar-refractivity contribution in [3.63, 3.8) is 0 Å². The predicted molar refractivity (Wildman–Crippen MR) is 75.7 cm³/mol. The van der Waals surface area contributed by atoms with Crippen LogP contribution in [0.2, 0.25) is 0 Å². The van der Waals surface area contributed by atoms with E-state index in [0.29, 0.717) is 10.2 Å². The van der Waals surface area contributed by atoms with Gasteiger partial charge in [-0.25, -0.2) is 4.98 Å². The second kappa shape index (κ2) is 5.78. The van der Waals surface area contributed by atoms with Gasteiger partial charge in [0.1, 0.15) is 4.60 Å². The highest BCUT2D eigenvalue weighted by molar-refractivity contribution is 9.10. The molecule has 0 unspecified atom stereocenters. The molecule has 1 amide bonds. The molecule has 0 aliphatic heterocycles. The standard InChI is InChI=1S/C14H13BrN2O/c1-2-10-4-3-5-12(8-10)17-14(18)11-6-7-16-13(15)9-11/h3-9H,2H2,1H3,(H,17,18). The fourth-order valence-electron chi connectivity index (χ4n) is 1.62. The van der Waals surface area contributed by atoms with Crippen molar-refractivity contribution in [1.82, 2.24) is 4.98 Å². The van der Waals surface area contributed by atoms with Crippen LogP contribution in [0.3, 0.4) is 0 Å². The number of amides is 1. The average Bonchev–Trinajstić information content (AvgIpc) is 2.39. The van der Waals surface area contributed by atoms with Crippen molar-refractivity contribution >= 4 is 27.5 Å². The van der Waals surface area contributed by atoms with E-state index in [1.807, 2.05) is 24.3 Å². The predicted octanol–water partition coefficient (Wildman–Crippen LogP) is 3.66. The first-order chi connectivity index (χ1) is 8.69. The molecule has 1 aromatic carbocycles. The van der Waals surface area contributed by atoms with Gasteiger partial charge in [-0.2, -0.15) is 0 Å². The summed E-state index contributed by atoms with van der Waals surface area (Å²) in [4.78, 5) is 16.0. The fourth-order valence-corrected chi connectivity index (χ4v) is 1.98. The van der Waals surface area contributed by atoms with E-state index in [1.54, 1.807) is 18.3 Å². The van der Waals surface area contributed by atoms with E-state index in [1.165, 1.54) is 5.56 Å². The first-order valence-corrected chi connectivity index (χ1v) is 6.50. The number of nitrogens with zero attached hydrogens (tertiary/aromatic N) is 1. The highest BCUT2D eigenvalue weighted by atomic mass is 79.9. The summed E-state index contributed by atoms with van der Waals surface area (Å²) >= 11 is 3.25. The molecule has 0 aliphatic rings. The third-order valence-corrected chi connectivity index (χ3v) is 3.02. The maximum Gasteiger partial charge on any atom is 0.255 e. The summed E-state index contributed by atoms with van der Waals surface area (Å²) in [6, 6.07) is 11.2. The van der Waals surface area contributed by atoms with Crippen LogP contribution in [0.15, 0.2) is 47.2 Å². The number of benzene rings is 1. The number of anilines is 1. The SMILES string of the molecule is CCc1cccc(NC(=O)c2ccnc(Br)c2)c1. The topological polar surface area (TPSA) is 42.0 Å². The summed E-state index contributed by atoms with van der Waals surface area (Å²) in [6.07, 6.45) is 2.55. The fraction of sp³-hybridized carbons (Fsp3) is 0.143. The van der Waals surface area contributed by atoms with E-state index in [2.05, 4.69) is 33.2 Å². The van der Waals surface area contributed by atoms with E-state index in [9.17, 15) is 4.79 Å². The Morgan fingerprint density at radius 3 is 2.89 bits per heavy atom. The van der Waals surface area contributed by atoms with Gasteiger partial charge in [-0.1, -0.05) is 19.1 Å². The van der Waals surface area contributed by atoms with Gasteiger partial charge in [0.15, 0.2) is 0 Å². The Kier molecular flexibility index (Phi) is 4.10. The molecule has 0 saturated carbocycles. The molecule has 1 N–H and O–H groups in total. The molecule has 92 valence electrons. The lowest BCUT2D eigenvalue weighted by atomic mass is 10.1. The number of rotatable bonds is 3. The number of aromatic nitrogens is 1. The van der Waals surface area contributed by atoms with Crippen molar-refractivity contribution in [1.29, 1.82) is 0 Å². The van der Waals surface area contributed by atoms with Gasteiger partial charge in [0, 0.05) is 17.4 Å². The average molecular weight is 305 g/mol. The van der Waals surface area contributed by atoms with Gasteiger partial charge in [-0.3, -0.25) is 4.79 Å². The first-order valence-electron chi connectivity index (χ1n) is 5.71. The Morgan fingerprint density at radius 2 is 2.17 bits per heavy atom. The summed E-state index contributed by atoms with van der Waals surface area (Å²) in [5.41, 5.74) is 2.59. The van der Waals surface area contributed by atoms with Gasteiger partial charge in [-0.15, -0.1) is 0 Å². The Labute approximate surface area is 114 Å². The van der Waals surface area contributed by atoms with E-state index < -0.39 is 0 Å². The molecule has 4 heteroatoms. The third-order valence-electron chi connectivity index (χ3n) is 2.58. The van der Waals surface area contributed by atoms with E-state index in [0.717, 1.165) is 12.1 Å². The third kappa shape index (κ3) is 3.17. The van der Waals surface area contributed by atoms with Gasteiger partial charge >= 0.3 is 0 Å². The van der Waals surface area contributed by atoms with E-state index in [4.69, 9.17) is 0 Å². The van der Waals surface area contributed by atoms with Crippen LogP contribution in [0.25, 0.3) is 0 Å². The summed E-state index contributed by atoms with van der Waals surface area (Å²) in [5.74, 6) is -0.133. The van der Waals surface area contributed by atoms with Crippen molar-refractivity contribution < 1.29 is 4.79 Å². The summed E-state index contributed by atoms with van der Waals surface area (Å²) < 4.78 is 0.650. The summed E-state index contributed by atoms with van der Waals surface area (Å²) in [6.45, 7) is 2.08. The van der Waals surface area contributed by atoms with Crippen molar-refractivity contribution in [2.24, 2.45) is 0 Å². The zero-order valence-electron chi connectivity index (χ0n) is 9.98. The zero-order valence-corrected chi connectivity index (χ0v) is 11.6. The molecule has 0 saturated heterocycles. The Hall–Kier alpha value is -1.68. The minimum atomic E-state index is -0.133. The second-order valence-electron chi connectivity index (χ2n) is 3.88. The van der Waals surface area contributed by atoms with Gasteiger partial charge in [0.05, 0.1) is 0 Å². The minimum absolute atomic E-state index is 0.133. The molecule has 2 rings (SSSR count). The molecule has 3 nitrogen and oxygen atoms in total. The molecular weight excluding hydrogens is 292 g/mol. The molecule has 0 spiro atoms. The van der Waals surface area contributed by atoms with Crippen LogP contribution in [-0.2, 0) is 6.42 Å². The Bertz CT molecular complexity index is 569. The summed E-state index contributed by atoms with van der Waals surface area (Å²) in [5, 5.41) is 2.87. The normalized spacial score (nSPS) is 10.1. The number of nitrogens with one attached hydrogen (secondary N) is 1.